The molecule has 1 aromatic heterocycles. The third kappa shape index (κ3) is 6.67. The van der Waals surface area contributed by atoms with Gasteiger partial charge in [-0.1, -0.05) is 61.5 Å². The second-order valence-corrected chi connectivity index (χ2v) is 6.77. The molecule has 0 aromatic carbocycles. The van der Waals surface area contributed by atoms with Crippen LogP contribution in [0.15, 0.2) is 6.08 Å². The lowest BCUT2D eigenvalue weighted by atomic mass is 9.97. The van der Waals surface area contributed by atoms with Gasteiger partial charge in [-0.2, -0.15) is 0 Å². The predicted octanol–water partition coefficient (Wildman–Crippen LogP) is 5.98. The van der Waals surface area contributed by atoms with E-state index in [9.17, 15) is 0 Å². The van der Waals surface area contributed by atoms with Crippen molar-refractivity contribution < 1.29 is 0 Å². The smallest absolute Gasteiger partial charge is 0.153 e. The molecule has 1 aromatic rings. The Morgan fingerprint density at radius 1 is 1.00 bits per heavy atom. The molecule has 0 fully saturated rings. The van der Waals surface area contributed by atoms with Crippen LogP contribution in [-0.4, -0.2) is 15.2 Å². The maximum atomic E-state index is 4.75. The molecule has 0 aliphatic rings. The van der Waals surface area contributed by atoms with Crippen LogP contribution in [0, 0.1) is 5.92 Å². The average molecular weight is 306 g/mol. The van der Waals surface area contributed by atoms with Crippen LogP contribution in [0.5, 0.6) is 0 Å². The van der Waals surface area contributed by atoms with Crippen molar-refractivity contribution in [3.63, 3.8) is 0 Å². The van der Waals surface area contributed by atoms with E-state index in [-0.39, 0.29) is 0 Å². The van der Waals surface area contributed by atoms with Crippen LogP contribution in [0.1, 0.15) is 104 Å². The SMILES string of the molecule is C/C=C(/CC)c1nnc(C(C)C)nc1C(C)CC.CC(C)C. The molecule has 0 saturated carbocycles. The Bertz CT molecular complexity index is 459. The molecule has 1 atom stereocenters. The molecule has 0 N–H and O–H groups in total. The van der Waals surface area contributed by atoms with E-state index in [0.717, 1.165) is 36.0 Å². The predicted molar refractivity (Wildman–Crippen MR) is 97.1 cm³/mol. The lowest BCUT2D eigenvalue weighted by Crippen LogP contribution is -2.11. The van der Waals surface area contributed by atoms with E-state index in [1.54, 1.807) is 0 Å². The lowest BCUT2D eigenvalue weighted by molar-refractivity contribution is 0.649. The van der Waals surface area contributed by atoms with Gasteiger partial charge in [0.05, 0.1) is 5.69 Å². The molecule has 0 spiro atoms. The molecule has 22 heavy (non-hydrogen) atoms. The van der Waals surface area contributed by atoms with Crippen LogP contribution in [0.2, 0.25) is 0 Å². The second-order valence-electron chi connectivity index (χ2n) is 6.77. The zero-order valence-corrected chi connectivity index (χ0v) is 16.1. The quantitative estimate of drug-likeness (QED) is 0.671. The number of hydrogen-bond acceptors (Lipinski definition) is 3. The Morgan fingerprint density at radius 3 is 1.91 bits per heavy atom. The van der Waals surface area contributed by atoms with Gasteiger partial charge in [0, 0.05) is 11.8 Å². The van der Waals surface area contributed by atoms with Gasteiger partial charge in [-0.3, -0.25) is 0 Å². The summed E-state index contributed by atoms with van der Waals surface area (Å²) in [6.45, 7) is 19.3. The van der Waals surface area contributed by atoms with Crippen molar-refractivity contribution in [2.75, 3.05) is 0 Å². The lowest BCUT2D eigenvalue weighted by Gasteiger charge is -2.15. The van der Waals surface area contributed by atoms with Gasteiger partial charge in [0.25, 0.3) is 0 Å². The summed E-state index contributed by atoms with van der Waals surface area (Å²) in [4.78, 5) is 4.75. The van der Waals surface area contributed by atoms with Crippen molar-refractivity contribution in [3.05, 3.63) is 23.3 Å². The van der Waals surface area contributed by atoms with Crippen LogP contribution < -0.4 is 0 Å². The standard InChI is InChI=1S/C15H25N3.C4H10/c1-7-11(6)13-14(12(8-2)9-3)17-18-15(16-13)10(4)5;1-4(2)3/h8,10-11H,7,9H2,1-6H3;4H,1-3H3/b12-8-;. The molecule has 1 heterocycles. The van der Waals surface area contributed by atoms with E-state index in [4.69, 9.17) is 4.98 Å². The Balaban J connectivity index is 0.000000980. The van der Waals surface area contributed by atoms with Gasteiger partial charge < -0.3 is 0 Å². The van der Waals surface area contributed by atoms with Crippen LogP contribution >= 0.6 is 0 Å². The molecule has 0 aliphatic heterocycles. The van der Waals surface area contributed by atoms with E-state index in [2.05, 4.69) is 78.6 Å². The average Bonchev–Trinajstić information content (AvgIpc) is 2.47. The van der Waals surface area contributed by atoms with E-state index in [1.165, 1.54) is 5.57 Å². The van der Waals surface area contributed by atoms with Gasteiger partial charge in [-0.05, 0) is 31.3 Å². The van der Waals surface area contributed by atoms with Gasteiger partial charge in [-0.15, -0.1) is 10.2 Å². The minimum absolute atomic E-state index is 0.324. The number of hydrogen-bond donors (Lipinski definition) is 0. The van der Waals surface area contributed by atoms with Crippen molar-refractivity contribution in [3.8, 4) is 0 Å². The molecule has 0 aliphatic carbocycles. The molecule has 0 saturated heterocycles. The molecule has 126 valence electrons. The molecule has 1 rings (SSSR count). The summed E-state index contributed by atoms with van der Waals surface area (Å²) in [6, 6.07) is 0. The summed E-state index contributed by atoms with van der Waals surface area (Å²) in [6.07, 6.45) is 4.16. The minimum Gasteiger partial charge on any atom is -0.233 e. The number of nitrogens with zero attached hydrogens (tertiary/aromatic N) is 3. The number of aromatic nitrogens is 3. The number of allylic oxidation sites excluding steroid dienone is 2. The molecule has 0 bridgehead atoms. The Kier molecular flexibility index (Phi) is 9.88. The first-order valence-corrected chi connectivity index (χ1v) is 8.68. The summed E-state index contributed by atoms with van der Waals surface area (Å²) in [5, 5.41) is 8.70. The van der Waals surface area contributed by atoms with Crippen LogP contribution in [0.4, 0.5) is 0 Å². The molecule has 1 unspecified atom stereocenters. The molecular weight excluding hydrogens is 270 g/mol. The zero-order valence-electron chi connectivity index (χ0n) is 16.1. The third-order valence-corrected chi connectivity index (χ3v) is 3.36. The fourth-order valence-electron chi connectivity index (χ4n) is 1.87. The summed E-state index contributed by atoms with van der Waals surface area (Å²) >= 11 is 0. The van der Waals surface area contributed by atoms with Crippen LogP contribution in [-0.2, 0) is 0 Å². The third-order valence-electron chi connectivity index (χ3n) is 3.36. The maximum Gasteiger partial charge on any atom is 0.153 e. The van der Waals surface area contributed by atoms with Crippen molar-refractivity contribution in [2.45, 2.75) is 87.0 Å². The summed E-state index contributed by atoms with van der Waals surface area (Å²) in [5.41, 5.74) is 3.32. The Labute approximate surface area is 137 Å². The molecular formula is C19H35N3. The Hall–Kier alpha value is -1.25. The first kappa shape index (κ1) is 20.8. The molecule has 0 radical (unpaired) electrons. The van der Waals surface area contributed by atoms with Gasteiger partial charge in [0.2, 0.25) is 0 Å². The fraction of sp³-hybridized carbons (Fsp3) is 0.737. The van der Waals surface area contributed by atoms with Crippen molar-refractivity contribution in [1.82, 2.24) is 15.2 Å². The summed E-state index contributed by atoms with van der Waals surface area (Å²) in [5.74, 6) is 2.43. The molecule has 3 nitrogen and oxygen atoms in total. The highest BCUT2D eigenvalue weighted by atomic mass is 15.2. The van der Waals surface area contributed by atoms with Crippen molar-refractivity contribution >= 4 is 5.57 Å². The zero-order chi connectivity index (χ0) is 17.3. The maximum absolute atomic E-state index is 4.75. The van der Waals surface area contributed by atoms with E-state index in [0.29, 0.717) is 11.8 Å². The number of rotatable bonds is 5. The fourth-order valence-corrected chi connectivity index (χ4v) is 1.87. The van der Waals surface area contributed by atoms with Gasteiger partial charge in [0.15, 0.2) is 5.82 Å². The minimum atomic E-state index is 0.324. The van der Waals surface area contributed by atoms with E-state index < -0.39 is 0 Å². The highest BCUT2D eigenvalue weighted by Gasteiger charge is 2.17. The topological polar surface area (TPSA) is 38.7 Å². The first-order valence-electron chi connectivity index (χ1n) is 8.68. The highest BCUT2D eigenvalue weighted by Crippen LogP contribution is 2.26. The van der Waals surface area contributed by atoms with E-state index >= 15 is 0 Å². The van der Waals surface area contributed by atoms with Crippen LogP contribution in [0.3, 0.4) is 0 Å². The summed E-state index contributed by atoms with van der Waals surface area (Å²) in [7, 11) is 0. The van der Waals surface area contributed by atoms with Crippen molar-refractivity contribution in [2.24, 2.45) is 5.92 Å². The molecule has 0 amide bonds. The second kappa shape index (κ2) is 10.5. The highest BCUT2D eigenvalue weighted by molar-refractivity contribution is 5.63. The normalized spacial score (nSPS) is 13.1. The Morgan fingerprint density at radius 2 is 1.55 bits per heavy atom. The summed E-state index contributed by atoms with van der Waals surface area (Å²) < 4.78 is 0. The van der Waals surface area contributed by atoms with Crippen molar-refractivity contribution in [1.29, 1.82) is 0 Å². The molecule has 3 heteroatoms. The monoisotopic (exact) mass is 305 g/mol. The first-order chi connectivity index (χ1) is 10.3. The van der Waals surface area contributed by atoms with Gasteiger partial charge >= 0.3 is 0 Å². The van der Waals surface area contributed by atoms with Gasteiger partial charge in [-0.25, -0.2) is 4.98 Å². The van der Waals surface area contributed by atoms with E-state index in [1.807, 2.05) is 0 Å². The van der Waals surface area contributed by atoms with Crippen LogP contribution in [0.25, 0.3) is 5.57 Å². The van der Waals surface area contributed by atoms with Gasteiger partial charge in [0.1, 0.15) is 5.69 Å². The largest absolute Gasteiger partial charge is 0.233 e.